The van der Waals surface area contributed by atoms with Crippen LogP contribution in [0.4, 0.5) is 14.9 Å². The van der Waals surface area contributed by atoms with Crippen LogP contribution in [0, 0.1) is 5.82 Å². The number of nitrogens with zero attached hydrogens (tertiary/aromatic N) is 3. The molecule has 3 heterocycles. The molecule has 2 amide bonds. The molecule has 2 fully saturated rings. The van der Waals surface area contributed by atoms with Crippen molar-refractivity contribution < 1.29 is 18.7 Å². The number of hydrogen-bond acceptors (Lipinski definition) is 4. The van der Waals surface area contributed by atoms with Crippen LogP contribution in [0.15, 0.2) is 42.5 Å². The van der Waals surface area contributed by atoms with Gasteiger partial charge in [0.1, 0.15) is 5.82 Å². The van der Waals surface area contributed by atoms with Gasteiger partial charge >= 0.3 is 6.09 Å². The molecule has 3 aliphatic rings. The van der Waals surface area contributed by atoms with E-state index in [-0.39, 0.29) is 23.2 Å². The van der Waals surface area contributed by atoms with Crippen LogP contribution in [0.3, 0.4) is 0 Å². The van der Waals surface area contributed by atoms with Crippen molar-refractivity contribution in [3.8, 4) is 11.1 Å². The number of hydrogen-bond donors (Lipinski definition) is 0. The topological polar surface area (TPSA) is 53.1 Å². The number of rotatable bonds is 3. The first kappa shape index (κ1) is 23.8. The fourth-order valence-corrected chi connectivity index (χ4v) is 6.17. The van der Waals surface area contributed by atoms with Gasteiger partial charge in [-0.25, -0.2) is 9.18 Å². The van der Waals surface area contributed by atoms with E-state index >= 15 is 0 Å². The molecule has 2 aromatic rings. The molecular weight excluding hydrogens is 445 g/mol. The lowest BCUT2D eigenvalue weighted by molar-refractivity contribution is -0.116. The second-order valence-corrected chi connectivity index (χ2v) is 10.1. The summed E-state index contributed by atoms with van der Waals surface area (Å²) in [6.07, 6.45) is 3.69. The van der Waals surface area contributed by atoms with Crippen molar-refractivity contribution in [3.63, 3.8) is 0 Å². The summed E-state index contributed by atoms with van der Waals surface area (Å²) in [7, 11) is 0. The van der Waals surface area contributed by atoms with Crippen molar-refractivity contribution in [2.45, 2.75) is 51.0 Å². The third-order valence-electron chi connectivity index (χ3n) is 8.12. The zero-order valence-corrected chi connectivity index (χ0v) is 20.6. The maximum atomic E-state index is 13.9. The van der Waals surface area contributed by atoms with Gasteiger partial charge in [-0.2, -0.15) is 0 Å². The van der Waals surface area contributed by atoms with Gasteiger partial charge in [0.2, 0.25) is 5.91 Å². The van der Waals surface area contributed by atoms with Gasteiger partial charge in [-0.15, -0.1) is 0 Å². The van der Waals surface area contributed by atoms with Gasteiger partial charge in [0.25, 0.3) is 0 Å². The van der Waals surface area contributed by atoms with E-state index in [2.05, 4.69) is 11.0 Å². The number of ether oxygens (including phenoxy) is 1. The summed E-state index contributed by atoms with van der Waals surface area (Å²) in [5, 5.41) is 0. The average molecular weight is 480 g/mol. The fourth-order valence-electron chi connectivity index (χ4n) is 6.17. The highest BCUT2D eigenvalue weighted by Gasteiger charge is 2.46. The number of carbonyl (C=O) groups excluding carboxylic acids is 2. The number of benzene rings is 2. The van der Waals surface area contributed by atoms with Crippen molar-refractivity contribution in [2.75, 3.05) is 44.2 Å². The maximum absolute atomic E-state index is 13.9. The van der Waals surface area contributed by atoms with Crippen LogP contribution in [0.25, 0.3) is 11.1 Å². The normalized spacial score (nSPS) is 20.2. The first-order chi connectivity index (χ1) is 16.9. The molecule has 0 unspecified atom stereocenters. The monoisotopic (exact) mass is 479 g/mol. The smallest absolute Gasteiger partial charge is 0.409 e. The Hall–Kier alpha value is -2.93. The Morgan fingerprint density at radius 1 is 1.03 bits per heavy atom. The molecule has 6 nitrogen and oxygen atoms in total. The van der Waals surface area contributed by atoms with Gasteiger partial charge in [0, 0.05) is 43.7 Å². The number of amides is 2. The number of likely N-dealkylation sites (tertiary alicyclic amines) is 2. The quantitative estimate of drug-likeness (QED) is 0.634. The largest absolute Gasteiger partial charge is 0.450 e. The third-order valence-corrected chi connectivity index (χ3v) is 8.12. The van der Waals surface area contributed by atoms with Crippen LogP contribution in [-0.2, 0) is 14.9 Å². The first-order valence-corrected chi connectivity index (χ1v) is 12.7. The highest BCUT2D eigenvalue weighted by atomic mass is 19.1. The highest BCUT2D eigenvalue weighted by molar-refractivity contribution is 5.95. The van der Waals surface area contributed by atoms with Crippen LogP contribution < -0.4 is 4.90 Å². The SMILES string of the molecule is CCOC(=O)N1CCC(N2CCC3(CC2)CN(C(C)=O)c2ccc(-c4cccc(F)c4)cc23)CC1. The molecule has 0 bridgehead atoms. The molecule has 35 heavy (non-hydrogen) atoms. The van der Waals surface area contributed by atoms with Crippen molar-refractivity contribution in [1.82, 2.24) is 9.80 Å². The van der Waals surface area contributed by atoms with E-state index in [4.69, 9.17) is 4.74 Å². The number of piperidine rings is 2. The predicted octanol–water partition coefficient (Wildman–Crippen LogP) is 4.81. The summed E-state index contributed by atoms with van der Waals surface area (Å²) in [4.78, 5) is 30.8. The highest BCUT2D eigenvalue weighted by Crippen LogP contribution is 2.48. The summed E-state index contributed by atoms with van der Waals surface area (Å²) in [5.41, 5.74) is 3.98. The molecule has 0 atom stereocenters. The van der Waals surface area contributed by atoms with E-state index < -0.39 is 0 Å². The minimum atomic E-state index is -0.245. The van der Waals surface area contributed by atoms with Crippen molar-refractivity contribution in [3.05, 3.63) is 53.8 Å². The van der Waals surface area contributed by atoms with Gasteiger partial charge in [-0.1, -0.05) is 18.2 Å². The molecule has 0 N–H and O–H groups in total. The van der Waals surface area contributed by atoms with E-state index in [0.29, 0.717) is 19.2 Å². The zero-order valence-electron chi connectivity index (χ0n) is 20.6. The Bertz CT molecular complexity index is 1100. The van der Waals surface area contributed by atoms with E-state index in [1.807, 2.05) is 34.9 Å². The zero-order chi connectivity index (χ0) is 24.6. The summed E-state index contributed by atoms with van der Waals surface area (Å²) in [6, 6.07) is 13.4. The van der Waals surface area contributed by atoms with E-state index in [0.717, 1.165) is 68.7 Å². The molecule has 5 rings (SSSR count). The summed E-state index contributed by atoms with van der Waals surface area (Å²) < 4.78 is 19.0. The number of anilines is 1. The van der Waals surface area contributed by atoms with Gasteiger partial charge < -0.3 is 19.4 Å². The second kappa shape index (κ2) is 9.61. The lowest BCUT2D eigenvalue weighted by Gasteiger charge is -2.45. The van der Waals surface area contributed by atoms with Crippen molar-refractivity contribution in [2.24, 2.45) is 0 Å². The van der Waals surface area contributed by atoms with Gasteiger partial charge in [-0.05, 0) is 86.7 Å². The minimum absolute atomic E-state index is 0.0652. The number of fused-ring (bicyclic) bond motifs is 2. The van der Waals surface area contributed by atoms with Crippen LogP contribution >= 0.6 is 0 Å². The first-order valence-electron chi connectivity index (χ1n) is 12.7. The molecule has 0 radical (unpaired) electrons. The molecule has 2 saturated heterocycles. The second-order valence-electron chi connectivity index (χ2n) is 10.1. The predicted molar refractivity (Wildman–Crippen MR) is 134 cm³/mol. The van der Waals surface area contributed by atoms with Crippen molar-refractivity contribution in [1.29, 1.82) is 0 Å². The number of halogens is 1. The molecule has 2 aromatic carbocycles. The number of carbonyl (C=O) groups is 2. The average Bonchev–Trinajstić information content (AvgIpc) is 3.18. The van der Waals surface area contributed by atoms with Gasteiger partial charge in [0.15, 0.2) is 0 Å². The third kappa shape index (κ3) is 4.54. The lowest BCUT2D eigenvalue weighted by Crippen LogP contribution is -2.52. The Morgan fingerprint density at radius 2 is 1.74 bits per heavy atom. The summed E-state index contributed by atoms with van der Waals surface area (Å²) in [6.45, 7) is 8.01. The Morgan fingerprint density at radius 3 is 2.40 bits per heavy atom. The molecule has 0 aromatic heterocycles. The molecular formula is C28H34FN3O3. The Labute approximate surface area is 206 Å². The Balaban J connectivity index is 1.32. The fraction of sp³-hybridized carbons (Fsp3) is 0.500. The van der Waals surface area contributed by atoms with E-state index in [1.165, 1.54) is 11.6 Å². The molecule has 3 aliphatic heterocycles. The van der Waals surface area contributed by atoms with Crippen LogP contribution in [0.1, 0.15) is 45.1 Å². The van der Waals surface area contributed by atoms with Crippen LogP contribution in [-0.4, -0.2) is 67.2 Å². The van der Waals surface area contributed by atoms with Crippen LogP contribution in [0.2, 0.25) is 0 Å². The van der Waals surface area contributed by atoms with Crippen molar-refractivity contribution >= 4 is 17.7 Å². The van der Waals surface area contributed by atoms with Gasteiger partial charge in [-0.3, -0.25) is 4.79 Å². The van der Waals surface area contributed by atoms with E-state index in [9.17, 15) is 14.0 Å². The Kier molecular flexibility index (Phi) is 6.53. The van der Waals surface area contributed by atoms with Gasteiger partial charge in [0.05, 0.1) is 6.61 Å². The molecule has 0 aliphatic carbocycles. The molecule has 1 spiro atoms. The minimum Gasteiger partial charge on any atom is -0.450 e. The standard InChI is InChI=1S/C28H34FN3O3/c1-3-35-27(34)31-13-9-24(10-14-31)30-15-11-28(12-16-30)19-32(20(2)33)26-8-7-22(18-25(26)28)21-5-4-6-23(29)17-21/h4-8,17-18,24H,3,9-16,19H2,1-2H3. The maximum Gasteiger partial charge on any atom is 0.409 e. The molecule has 186 valence electrons. The van der Waals surface area contributed by atoms with Crippen LogP contribution in [0.5, 0.6) is 0 Å². The van der Waals surface area contributed by atoms with E-state index in [1.54, 1.807) is 19.1 Å². The molecule has 0 saturated carbocycles. The summed E-state index contributed by atoms with van der Waals surface area (Å²) >= 11 is 0. The molecule has 7 heteroatoms. The summed E-state index contributed by atoms with van der Waals surface area (Å²) in [5.74, 6) is -0.180. The lowest BCUT2D eigenvalue weighted by atomic mass is 9.73.